The molecule has 20 heavy (non-hydrogen) atoms. The van der Waals surface area contributed by atoms with E-state index >= 15 is 0 Å². The minimum Gasteiger partial charge on any atom is -0.233 e. The second kappa shape index (κ2) is 5.25. The molecule has 0 amide bonds. The summed E-state index contributed by atoms with van der Waals surface area (Å²) >= 11 is 0. The zero-order valence-electron chi connectivity index (χ0n) is 11.7. The molecular weight excluding hydrogens is 244 g/mol. The van der Waals surface area contributed by atoms with Gasteiger partial charge in [0.1, 0.15) is 0 Å². The standard InChI is InChI=1S/C18H16N2/c1-13-14(2)19-18(16-11-7-4-8-12-16)20-17(13)15-9-5-3-6-10-15/h3-12H,1-2H3. The van der Waals surface area contributed by atoms with Crippen molar-refractivity contribution in [1.29, 1.82) is 0 Å². The smallest absolute Gasteiger partial charge is 0.160 e. The maximum Gasteiger partial charge on any atom is 0.160 e. The minimum absolute atomic E-state index is 0.785. The van der Waals surface area contributed by atoms with E-state index in [9.17, 15) is 0 Å². The van der Waals surface area contributed by atoms with Gasteiger partial charge in [-0.3, -0.25) is 0 Å². The summed E-state index contributed by atoms with van der Waals surface area (Å²) in [5.41, 5.74) is 5.35. The van der Waals surface area contributed by atoms with Gasteiger partial charge in [-0.2, -0.15) is 0 Å². The molecule has 0 fully saturated rings. The Bertz CT molecular complexity index is 719. The van der Waals surface area contributed by atoms with E-state index in [0.717, 1.165) is 33.9 Å². The molecule has 1 heterocycles. The lowest BCUT2D eigenvalue weighted by molar-refractivity contribution is 1.08. The molecule has 0 aliphatic rings. The molecule has 0 aliphatic carbocycles. The Balaban J connectivity index is 2.19. The predicted octanol–water partition coefficient (Wildman–Crippen LogP) is 4.43. The van der Waals surface area contributed by atoms with Crippen molar-refractivity contribution < 1.29 is 0 Å². The van der Waals surface area contributed by atoms with Crippen LogP contribution >= 0.6 is 0 Å². The minimum atomic E-state index is 0.785. The predicted molar refractivity (Wildman–Crippen MR) is 82.4 cm³/mol. The van der Waals surface area contributed by atoms with E-state index in [-0.39, 0.29) is 0 Å². The third-order valence-corrected chi connectivity index (χ3v) is 3.47. The highest BCUT2D eigenvalue weighted by atomic mass is 14.9. The molecule has 3 aromatic rings. The number of aryl methyl sites for hydroxylation is 1. The molecule has 2 nitrogen and oxygen atoms in total. The fraction of sp³-hybridized carbons (Fsp3) is 0.111. The molecule has 0 saturated heterocycles. The molecule has 2 heteroatoms. The first kappa shape index (κ1) is 12.5. The summed E-state index contributed by atoms with van der Waals surface area (Å²) in [6.07, 6.45) is 0. The van der Waals surface area contributed by atoms with E-state index in [2.05, 4.69) is 24.0 Å². The molecule has 0 radical (unpaired) electrons. The molecule has 3 rings (SSSR count). The quantitative estimate of drug-likeness (QED) is 0.681. The second-order valence-electron chi connectivity index (χ2n) is 4.84. The van der Waals surface area contributed by atoms with Gasteiger partial charge < -0.3 is 0 Å². The third kappa shape index (κ3) is 2.32. The lowest BCUT2D eigenvalue weighted by Crippen LogP contribution is -1.99. The van der Waals surface area contributed by atoms with Crippen LogP contribution in [0.3, 0.4) is 0 Å². The Morgan fingerprint density at radius 3 is 1.80 bits per heavy atom. The molecule has 0 atom stereocenters. The van der Waals surface area contributed by atoms with Crippen LogP contribution < -0.4 is 0 Å². The van der Waals surface area contributed by atoms with Gasteiger partial charge in [-0.1, -0.05) is 60.7 Å². The van der Waals surface area contributed by atoms with Crippen molar-refractivity contribution in [1.82, 2.24) is 9.97 Å². The van der Waals surface area contributed by atoms with Gasteiger partial charge in [0.25, 0.3) is 0 Å². The van der Waals surface area contributed by atoms with Crippen LogP contribution in [0.15, 0.2) is 60.7 Å². The second-order valence-corrected chi connectivity index (χ2v) is 4.84. The third-order valence-electron chi connectivity index (χ3n) is 3.47. The number of rotatable bonds is 2. The first-order valence-corrected chi connectivity index (χ1v) is 6.72. The van der Waals surface area contributed by atoms with Crippen molar-refractivity contribution in [2.75, 3.05) is 0 Å². The Hall–Kier alpha value is -2.48. The van der Waals surface area contributed by atoms with Gasteiger partial charge >= 0.3 is 0 Å². The number of benzene rings is 2. The SMILES string of the molecule is Cc1nc(-c2ccccc2)nc(-c2ccccc2)c1C. The van der Waals surface area contributed by atoms with Crippen LogP contribution in [0.1, 0.15) is 11.3 Å². The molecule has 0 aliphatic heterocycles. The number of aromatic nitrogens is 2. The maximum atomic E-state index is 4.76. The van der Waals surface area contributed by atoms with E-state index in [0.29, 0.717) is 0 Å². The molecule has 0 bridgehead atoms. The van der Waals surface area contributed by atoms with Gasteiger partial charge in [0.05, 0.1) is 5.69 Å². The van der Waals surface area contributed by atoms with Gasteiger partial charge in [0, 0.05) is 16.8 Å². The molecule has 0 spiro atoms. The normalized spacial score (nSPS) is 10.5. The van der Waals surface area contributed by atoms with E-state index in [1.54, 1.807) is 0 Å². The lowest BCUT2D eigenvalue weighted by atomic mass is 10.1. The summed E-state index contributed by atoms with van der Waals surface area (Å²) in [6.45, 7) is 4.11. The van der Waals surface area contributed by atoms with Crippen molar-refractivity contribution in [3.05, 3.63) is 71.9 Å². The van der Waals surface area contributed by atoms with Gasteiger partial charge in [-0.25, -0.2) is 9.97 Å². The fourth-order valence-electron chi connectivity index (χ4n) is 2.22. The van der Waals surface area contributed by atoms with E-state index in [4.69, 9.17) is 4.98 Å². The number of hydrogen-bond donors (Lipinski definition) is 0. The van der Waals surface area contributed by atoms with Crippen molar-refractivity contribution in [3.63, 3.8) is 0 Å². The topological polar surface area (TPSA) is 25.8 Å². The molecule has 0 N–H and O–H groups in total. The number of nitrogens with zero attached hydrogens (tertiary/aromatic N) is 2. The molecule has 98 valence electrons. The van der Waals surface area contributed by atoms with Crippen LogP contribution in [-0.4, -0.2) is 9.97 Å². The first-order valence-electron chi connectivity index (χ1n) is 6.72. The monoisotopic (exact) mass is 260 g/mol. The number of hydrogen-bond acceptors (Lipinski definition) is 2. The summed E-state index contributed by atoms with van der Waals surface area (Å²) in [5.74, 6) is 0.785. The first-order chi connectivity index (χ1) is 9.75. The summed E-state index contributed by atoms with van der Waals surface area (Å²) in [4.78, 5) is 9.38. The van der Waals surface area contributed by atoms with Crippen LogP contribution in [0.2, 0.25) is 0 Å². The lowest BCUT2D eigenvalue weighted by Gasteiger charge is -2.10. The Morgan fingerprint density at radius 1 is 0.650 bits per heavy atom. The Morgan fingerprint density at radius 2 is 1.20 bits per heavy atom. The van der Waals surface area contributed by atoms with Crippen LogP contribution in [0.4, 0.5) is 0 Å². The van der Waals surface area contributed by atoms with Gasteiger partial charge in [0.2, 0.25) is 0 Å². The highest BCUT2D eigenvalue weighted by molar-refractivity contribution is 5.67. The molecule has 0 saturated carbocycles. The maximum absolute atomic E-state index is 4.76. The Labute approximate surface area is 119 Å². The van der Waals surface area contributed by atoms with Crippen LogP contribution in [0.25, 0.3) is 22.6 Å². The van der Waals surface area contributed by atoms with Gasteiger partial charge in [0.15, 0.2) is 5.82 Å². The average Bonchev–Trinajstić information content (AvgIpc) is 2.51. The van der Waals surface area contributed by atoms with Crippen LogP contribution in [0.5, 0.6) is 0 Å². The zero-order chi connectivity index (χ0) is 13.9. The van der Waals surface area contributed by atoms with E-state index < -0.39 is 0 Å². The summed E-state index contributed by atoms with van der Waals surface area (Å²) in [7, 11) is 0. The summed E-state index contributed by atoms with van der Waals surface area (Å²) in [6, 6.07) is 20.4. The molecular formula is C18H16N2. The largest absolute Gasteiger partial charge is 0.233 e. The van der Waals surface area contributed by atoms with Crippen molar-refractivity contribution in [3.8, 4) is 22.6 Å². The van der Waals surface area contributed by atoms with Crippen molar-refractivity contribution in [2.45, 2.75) is 13.8 Å². The van der Waals surface area contributed by atoms with Crippen molar-refractivity contribution >= 4 is 0 Å². The van der Waals surface area contributed by atoms with Crippen LogP contribution in [-0.2, 0) is 0 Å². The molecule has 1 aromatic heterocycles. The van der Waals surface area contributed by atoms with Crippen molar-refractivity contribution in [2.24, 2.45) is 0 Å². The highest BCUT2D eigenvalue weighted by Crippen LogP contribution is 2.25. The van der Waals surface area contributed by atoms with Gasteiger partial charge in [-0.15, -0.1) is 0 Å². The molecule has 0 unspecified atom stereocenters. The van der Waals surface area contributed by atoms with Gasteiger partial charge in [-0.05, 0) is 19.4 Å². The van der Waals surface area contributed by atoms with E-state index in [1.807, 2.05) is 55.5 Å². The Kier molecular flexibility index (Phi) is 3.30. The molecule has 2 aromatic carbocycles. The van der Waals surface area contributed by atoms with Crippen LogP contribution in [0, 0.1) is 13.8 Å². The average molecular weight is 260 g/mol. The summed E-state index contributed by atoms with van der Waals surface area (Å²) in [5, 5.41) is 0. The zero-order valence-corrected chi connectivity index (χ0v) is 11.7. The fourth-order valence-corrected chi connectivity index (χ4v) is 2.22. The highest BCUT2D eigenvalue weighted by Gasteiger charge is 2.10. The summed E-state index contributed by atoms with van der Waals surface area (Å²) < 4.78 is 0. The van der Waals surface area contributed by atoms with E-state index in [1.165, 1.54) is 0 Å².